The van der Waals surface area contributed by atoms with Gasteiger partial charge in [-0.3, -0.25) is 14.9 Å². The zero-order valence-electron chi connectivity index (χ0n) is 12.2. The maximum atomic E-state index is 12.4. The van der Waals surface area contributed by atoms with Crippen LogP contribution in [0.15, 0.2) is 72.8 Å². The predicted octanol–water partition coefficient (Wildman–Crippen LogP) is 4.06. The molecule has 1 aliphatic carbocycles. The van der Waals surface area contributed by atoms with Gasteiger partial charge < -0.3 is 5.32 Å². The minimum Gasteiger partial charge on any atom is -0.322 e. The Morgan fingerprint density at radius 2 is 1.78 bits per heavy atom. The topological polar surface area (TPSA) is 72.2 Å². The third-order valence-corrected chi connectivity index (χ3v) is 3.64. The van der Waals surface area contributed by atoms with Crippen LogP contribution in [0.1, 0.15) is 21.8 Å². The summed E-state index contributed by atoms with van der Waals surface area (Å²) in [5.41, 5.74) is 1.83. The molecular formula is C18H14N2O3. The first-order valence-electron chi connectivity index (χ1n) is 7.15. The lowest BCUT2D eigenvalue weighted by Crippen LogP contribution is -2.14. The Kier molecular flexibility index (Phi) is 4.01. The number of non-ortho nitro benzene ring substituents is 1. The summed E-state index contributed by atoms with van der Waals surface area (Å²) in [6.07, 6.45) is 8.00. The maximum absolute atomic E-state index is 12.4. The number of para-hydroxylation sites is 1. The van der Waals surface area contributed by atoms with Crippen LogP contribution in [0.25, 0.3) is 0 Å². The Morgan fingerprint density at radius 1 is 1.04 bits per heavy atom. The molecule has 0 aliphatic heterocycles. The monoisotopic (exact) mass is 306 g/mol. The number of hydrogen-bond acceptors (Lipinski definition) is 3. The number of benzene rings is 2. The van der Waals surface area contributed by atoms with E-state index in [0.29, 0.717) is 5.69 Å². The SMILES string of the molecule is O=C(Nc1ccccc1C1C=CC=C1)c1cccc([N+](=O)[O-])c1. The summed E-state index contributed by atoms with van der Waals surface area (Å²) in [5, 5.41) is 13.7. The van der Waals surface area contributed by atoms with E-state index in [0.717, 1.165) is 5.56 Å². The molecule has 0 unspecified atom stereocenters. The number of nitro groups is 1. The minimum absolute atomic E-state index is 0.104. The van der Waals surface area contributed by atoms with Gasteiger partial charge in [0.25, 0.3) is 11.6 Å². The van der Waals surface area contributed by atoms with Crippen molar-refractivity contribution in [3.8, 4) is 0 Å². The van der Waals surface area contributed by atoms with Crippen molar-refractivity contribution in [2.24, 2.45) is 0 Å². The highest BCUT2D eigenvalue weighted by molar-refractivity contribution is 6.05. The molecule has 1 N–H and O–H groups in total. The summed E-state index contributed by atoms with van der Waals surface area (Å²) in [6, 6.07) is 13.2. The summed E-state index contributed by atoms with van der Waals surface area (Å²) in [7, 11) is 0. The van der Waals surface area contributed by atoms with Crippen molar-refractivity contribution in [1.82, 2.24) is 0 Å². The molecule has 0 aromatic heterocycles. The van der Waals surface area contributed by atoms with E-state index in [2.05, 4.69) is 5.32 Å². The van der Waals surface area contributed by atoms with Crippen LogP contribution in [0.2, 0.25) is 0 Å². The highest BCUT2D eigenvalue weighted by Crippen LogP contribution is 2.29. The maximum Gasteiger partial charge on any atom is 0.270 e. The van der Waals surface area contributed by atoms with E-state index in [1.807, 2.05) is 48.6 Å². The standard InChI is InChI=1S/C18H14N2O3/c21-18(14-8-5-9-15(12-14)20(22)23)19-17-11-4-3-10-16(17)13-6-1-2-7-13/h1-13H,(H,19,21). The van der Waals surface area contributed by atoms with Gasteiger partial charge in [-0.25, -0.2) is 0 Å². The van der Waals surface area contributed by atoms with Crippen LogP contribution < -0.4 is 5.32 Å². The van der Waals surface area contributed by atoms with Crippen molar-refractivity contribution in [3.63, 3.8) is 0 Å². The quantitative estimate of drug-likeness (QED) is 0.684. The van der Waals surface area contributed by atoms with E-state index in [4.69, 9.17) is 0 Å². The normalized spacial score (nSPS) is 13.2. The highest BCUT2D eigenvalue weighted by Gasteiger charge is 2.16. The lowest BCUT2D eigenvalue weighted by molar-refractivity contribution is -0.384. The number of nitrogens with one attached hydrogen (secondary N) is 1. The number of allylic oxidation sites excluding steroid dienone is 4. The molecule has 1 amide bonds. The van der Waals surface area contributed by atoms with Gasteiger partial charge in [-0.05, 0) is 17.7 Å². The van der Waals surface area contributed by atoms with Crippen molar-refractivity contribution < 1.29 is 9.72 Å². The van der Waals surface area contributed by atoms with Gasteiger partial charge in [0.05, 0.1) is 4.92 Å². The molecule has 2 aromatic carbocycles. The number of hydrogen-bond donors (Lipinski definition) is 1. The minimum atomic E-state index is -0.515. The number of nitrogens with zero attached hydrogens (tertiary/aromatic N) is 1. The predicted molar refractivity (Wildman–Crippen MR) is 88.5 cm³/mol. The summed E-state index contributed by atoms with van der Waals surface area (Å²) in [5.74, 6) is -0.247. The first-order chi connectivity index (χ1) is 11.1. The van der Waals surface area contributed by atoms with Crippen molar-refractivity contribution in [1.29, 1.82) is 0 Å². The molecule has 0 spiro atoms. The van der Waals surface area contributed by atoms with Crippen LogP contribution >= 0.6 is 0 Å². The zero-order valence-corrected chi connectivity index (χ0v) is 12.2. The molecule has 5 nitrogen and oxygen atoms in total. The Hall–Kier alpha value is -3.21. The lowest BCUT2D eigenvalue weighted by atomic mass is 9.98. The number of carbonyl (C=O) groups is 1. The van der Waals surface area contributed by atoms with E-state index in [1.165, 1.54) is 18.2 Å². The fourth-order valence-electron chi connectivity index (χ4n) is 2.50. The van der Waals surface area contributed by atoms with Crippen LogP contribution in [0.3, 0.4) is 0 Å². The second kappa shape index (κ2) is 6.27. The van der Waals surface area contributed by atoms with Crippen LogP contribution in [0.5, 0.6) is 0 Å². The smallest absolute Gasteiger partial charge is 0.270 e. The second-order valence-electron chi connectivity index (χ2n) is 5.14. The van der Waals surface area contributed by atoms with E-state index in [-0.39, 0.29) is 23.1 Å². The van der Waals surface area contributed by atoms with Crippen LogP contribution in [-0.2, 0) is 0 Å². The van der Waals surface area contributed by atoms with Gasteiger partial charge >= 0.3 is 0 Å². The van der Waals surface area contributed by atoms with E-state index >= 15 is 0 Å². The van der Waals surface area contributed by atoms with Gasteiger partial charge in [-0.2, -0.15) is 0 Å². The fraction of sp³-hybridized carbons (Fsp3) is 0.0556. The molecule has 0 saturated carbocycles. The number of rotatable bonds is 4. The van der Waals surface area contributed by atoms with Gasteiger partial charge in [-0.1, -0.05) is 48.6 Å². The first-order valence-corrected chi connectivity index (χ1v) is 7.15. The second-order valence-corrected chi connectivity index (χ2v) is 5.14. The summed E-state index contributed by atoms with van der Waals surface area (Å²) in [6.45, 7) is 0. The summed E-state index contributed by atoms with van der Waals surface area (Å²) < 4.78 is 0. The number of nitro benzene ring substituents is 1. The van der Waals surface area contributed by atoms with Gasteiger partial charge in [-0.15, -0.1) is 0 Å². The van der Waals surface area contributed by atoms with E-state index in [1.54, 1.807) is 6.07 Å². The Bertz CT molecular complexity index is 813. The molecule has 2 aromatic rings. The molecule has 0 bridgehead atoms. The molecule has 5 heteroatoms. The first kappa shape index (κ1) is 14.7. The van der Waals surface area contributed by atoms with E-state index in [9.17, 15) is 14.9 Å². The zero-order chi connectivity index (χ0) is 16.2. The molecule has 0 saturated heterocycles. The summed E-state index contributed by atoms with van der Waals surface area (Å²) >= 11 is 0. The summed E-state index contributed by atoms with van der Waals surface area (Å²) in [4.78, 5) is 22.7. The fourth-order valence-corrected chi connectivity index (χ4v) is 2.50. The van der Waals surface area contributed by atoms with E-state index < -0.39 is 4.92 Å². The molecule has 0 radical (unpaired) electrons. The Balaban J connectivity index is 1.86. The van der Waals surface area contributed by atoms with Crippen LogP contribution in [-0.4, -0.2) is 10.8 Å². The largest absolute Gasteiger partial charge is 0.322 e. The van der Waals surface area contributed by atoms with Gasteiger partial charge in [0.2, 0.25) is 0 Å². The van der Waals surface area contributed by atoms with Gasteiger partial charge in [0.1, 0.15) is 0 Å². The molecule has 3 rings (SSSR count). The average Bonchev–Trinajstić information content (AvgIpc) is 3.09. The molecule has 0 atom stereocenters. The molecule has 23 heavy (non-hydrogen) atoms. The van der Waals surface area contributed by atoms with Crippen LogP contribution in [0.4, 0.5) is 11.4 Å². The van der Waals surface area contributed by atoms with Crippen molar-refractivity contribution in [2.75, 3.05) is 5.32 Å². The molecular weight excluding hydrogens is 292 g/mol. The van der Waals surface area contributed by atoms with Crippen LogP contribution in [0, 0.1) is 10.1 Å². The van der Waals surface area contributed by atoms with Crippen molar-refractivity contribution in [2.45, 2.75) is 5.92 Å². The lowest BCUT2D eigenvalue weighted by Gasteiger charge is -2.14. The van der Waals surface area contributed by atoms with Gasteiger partial charge in [0.15, 0.2) is 0 Å². The Morgan fingerprint density at radius 3 is 2.52 bits per heavy atom. The molecule has 1 aliphatic rings. The number of amides is 1. The van der Waals surface area contributed by atoms with Gasteiger partial charge in [0, 0.05) is 29.3 Å². The average molecular weight is 306 g/mol. The Labute approximate surface area is 133 Å². The number of anilines is 1. The third-order valence-electron chi connectivity index (χ3n) is 3.64. The number of carbonyl (C=O) groups excluding carboxylic acids is 1. The van der Waals surface area contributed by atoms with Crippen molar-refractivity contribution >= 4 is 17.3 Å². The molecule has 0 heterocycles. The highest BCUT2D eigenvalue weighted by atomic mass is 16.6. The molecule has 114 valence electrons. The molecule has 0 fully saturated rings. The third kappa shape index (κ3) is 3.18. The van der Waals surface area contributed by atoms with Crippen molar-refractivity contribution in [3.05, 3.63) is 94.1 Å².